The third kappa shape index (κ3) is 4.04. The van der Waals surface area contributed by atoms with Crippen LogP contribution in [0.5, 0.6) is 0 Å². The highest BCUT2D eigenvalue weighted by Crippen LogP contribution is 2.28. The lowest BCUT2D eigenvalue weighted by Gasteiger charge is -2.35. The van der Waals surface area contributed by atoms with E-state index >= 15 is 0 Å². The van der Waals surface area contributed by atoms with Gasteiger partial charge in [0, 0.05) is 57.4 Å². The lowest BCUT2D eigenvalue weighted by atomic mass is 10.1. The predicted octanol–water partition coefficient (Wildman–Crippen LogP) is 1.16. The average molecular weight is 358 g/mol. The van der Waals surface area contributed by atoms with Crippen molar-refractivity contribution in [2.45, 2.75) is 20.3 Å². The summed E-state index contributed by atoms with van der Waals surface area (Å²) >= 11 is 0. The molecule has 1 N–H and O–H groups in total. The summed E-state index contributed by atoms with van der Waals surface area (Å²) in [4.78, 5) is 42.4. The smallest absolute Gasteiger partial charge is 0.228 e. The number of hydrogen-bond acceptors (Lipinski definition) is 4. The second-order valence-corrected chi connectivity index (χ2v) is 6.90. The van der Waals surface area contributed by atoms with Crippen LogP contribution in [-0.2, 0) is 14.4 Å². The topological polar surface area (TPSA) is 73.0 Å². The van der Waals surface area contributed by atoms with Crippen LogP contribution in [0.4, 0.5) is 11.4 Å². The van der Waals surface area contributed by atoms with Gasteiger partial charge in [0.05, 0.1) is 5.92 Å². The Balaban J connectivity index is 1.65. The van der Waals surface area contributed by atoms with Crippen LogP contribution in [-0.4, -0.2) is 66.8 Å². The summed E-state index contributed by atoms with van der Waals surface area (Å²) in [5.41, 5.74) is 1.36. The number of rotatable bonds is 4. The largest absolute Gasteiger partial charge is 0.340 e. The van der Waals surface area contributed by atoms with Crippen molar-refractivity contribution in [3.63, 3.8) is 0 Å². The molecule has 2 aliphatic rings. The second kappa shape index (κ2) is 7.86. The zero-order valence-electron chi connectivity index (χ0n) is 15.4. The van der Waals surface area contributed by atoms with Gasteiger partial charge in [0.1, 0.15) is 0 Å². The van der Waals surface area contributed by atoms with Gasteiger partial charge < -0.3 is 20.0 Å². The highest BCUT2D eigenvalue weighted by Gasteiger charge is 2.37. The Bertz CT molecular complexity index is 698. The first-order valence-corrected chi connectivity index (χ1v) is 9.17. The van der Waals surface area contributed by atoms with E-state index in [1.807, 2.05) is 11.0 Å². The van der Waals surface area contributed by atoms with E-state index in [9.17, 15) is 14.4 Å². The molecule has 3 amide bonds. The molecule has 1 unspecified atom stereocenters. The van der Waals surface area contributed by atoms with E-state index in [0.717, 1.165) is 32.7 Å². The Morgan fingerprint density at radius 3 is 2.58 bits per heavy atom. The maximum atomic E-state index is 12.8. The number of nitrogens with one attached hydrogen (secondary N) is 1. The zero-order chi connectivity index (χ0) is 18.7. The molecule has 1 aromatic carbocycles. The molecule has 0 aromatic heterocycles. The molecule has 0 radical (unpaired) electrons. The number of carbonyl (C=O) groups is 3. The van der Waals surface area contributed by atoms with Gasteiger partial charge in [-0.05, 0) is 24.7 Å². The summed E-state index contributed by atoms with van der Waals surface area (Å²) in [7, 11) is 0. The summed E-state index contributed by atoms with van der Waals surface area (Å²) in [6.45, 7) is 8.22. The van der Waals surface area contributed by atoms with Crippen LogP contribution < -0.4 is 10.2 Å². The molecule has 7 heteroatoms. The van der Waals surface area contributed by atoms with E-state index in [4.69, 9.17) is 0 Å². The van der Waals surface area contributed by atoms with Crippen LogP contribution >= 0.6 is 0 Å². The van der Waals surface area contributed by atoms with E-state index in [2.05, 4.69) is 17.1 Å². The Morgan fingerprint density at radius 2 is 1.92 bits per heavy atom. The normalized spacial score (nSPS) is 21.2. The van der Waals surface area contributed by atoms with E-state index in [0.29, 0.717) is 17.9 Å². The molecule has 3 rings (SSSR count). The molecule has 0 saturated carbocycles. The standard InChI is InChI=1S/C19H26N4O3/c1-3-21-7-9-22(10-8-21)19(26)15-11-18(25)23(13-15)17-6-4-5-16(12-17)20-14(2)24/h4-6,12,15H,3,7-11,13H2,1-2H3,(H,20,24). The minimum Gasteiger partial charge on any atom is -0.340 e. The molecule has 1 aromatic rings. The lowest BCUT2D eigenvalue weighted by Crippen LogP contribution is -2.50. The van der Waals surface area contributed by atoms with Crippen molar-refractivity contribution >= 4 is 29.1 Å². The van der Waals surface area contributed by atoms with Crippen molar-refractivity contribution in [3.8, 4) is 0 Å². The first-order valence-electron chi connectivity index (χ1n) is 9.17. The Kier molecular flexibility index (Phi) is 5.56. The van der Waals surface area contributed by atoms with Crippen LogP contribution in [0.3, 0.4) is 0 Å². The molecular formula is C19H26N4O3. The third-order valence-corrected chi connectivity index (χ3v) is 5.08. The second-order valence-electron chi connectivity index (χ2n) is 6.90. The molecular weight excluding hydrogens is 332 g/mol. The summed E-state index contributed by atoms with van der Waals surface area (Å²) in [5, 5.41) is 2.72. The molecule has 2 heterocycles. The maximum absolute atomic E-state index is 12.8. The van der Waals surface area contributed by atoms with Gasteiger partial charge in [-0.3, -0.25) is 14.4 Å². The molecule has 0 bridgehead atoms. The number of anilines is 2. The summed E-state index contributed by atoms with van der Waals surface area (Å²) in [6, 6.07) is 7.18. The monoisotopic (exact) mass is 358 g/mol. The first kappa shape index (κ1) is 18.4. The fraction of sp³-hybridized carbons (Fsp3) is 0.526. The van der Waals surface area contributed by atoms with Crippen LogP contribution in [0.2, 0.25) is 0 Å². The van der Waals surface area contributed by atoms with E-state index in [1.54, 1.807) is 23.1 Å². The van der Waals surface area contributed by atoms with Gasteiger partial charge in [0.15, 0.2) is 0 Å². The van der Waals surface area contributed by atoms with Gasteiger partial charge in [-0.2, -0.15) is 0 Å². The highest BCUT2D eigenvalue weighted by atomic mass is 16.2. The highest BCUT2D eigenvalue weighted by molar-refractivity contribution is 6.01. The molecule has 26 heavy (non-hydrogen) atoms. The number of benzene rings is 1. The van der Waals surface area contributed by atoms with Crippen molar-refractivity contribution in [1.29, 1.82) is 0 Å². The van der Waals surface area contributed by atoms with Crippen molar-refractivity contribution in [2.75, 3.05) is 49.5 Å². The minimum absolute atomic E-state index is 0.0458. The van der Waals surface area contributed by atoms with E-state index < -0.39 is 0 Å². The Labute approximate surface area is 153 Å². The maximum Gasteiger partial charge on any atom is 0.228 e. The third-order valence-electron chi connectivity index (χ3n) is 5.08. The molecule has 1 atom stereocenters. The number of nitrogens with zero attached hydrogens (tertiary/aromatic N) is 3. The Morgan fingerprint density at radius 1 is 1.19 bits per heavy atom. The van der Waals surface area contributed by atoms with Crippen LogP contribution in [0.15, 0.2) is 24.3 Å². The number of piperazine rings is 1. The fourth-order valence-corrected chi connectivity index (χ4v) is 3.62. The zero-order valence-corrected chi connectivity index (χ0v) is 15.4. The minimum atomic E-state index is -0.292. The summed E-state index contributed by atoms with van der Waals surface area (Å²) < 4.78 is 0. The van der Waals surface area contributed by atoms with Crippen molar-refractivity contribution in [1.82, 2.24) is 9.80 Å². The fourth-order valence-electron chi connectivity index (χ4n) is 3.62. The van der Waals surface area contributed by atoms with Crippen molar-refractivity contribution < 1.29 is 14.4 Å². The lowest BCUT2D eigenvalue weighted by molar-refractivity contribution is -0.137. The molecule has 0 spiro atoms. The molecule has 7 nitrogen and oxygen atoms in total. The number of likely N-dealkylation sites (N-methyl/N-ethyl adjacent to an activating group) is 1. The number of amides is 3. The van der Waals surface area contributed by atoms with Crippen LogP contribution in [0.25, 0.3) is 0 Å². The molecule has 0 aliphatic carbocycles. The molecule has 2 fully saturated rings. The summed E-state index contributed by atoms with van der Waals surface area (Å²) in [5.74, 6) is -0.417. The van der Waals surface area contributed by atoms with Crippen LogP contribution in [0, 0.1) is 5.92 Å². The van der Waals surface area contributed by atoms with Gasteiger partial charge in [0.25, 0.3) is 0 Å². The molecule has 2 saturated heterocycles. The quantitative estimate of drug-likeness (QED) is 0.877. The SMILES string of the molecule is CCN1CCN(C(=O)C2CC(=O)N(c3cccc(NC(C)=O)c3)C2)CC1. The van der Waals surface area contributed by atoms with Crippen molar-refractivity contribution in [3.05, 3.63) is 24.3 Å². The average Bonchev–Trinajstić information content (AvgIpc) is 3.02. The van der Waals surface area contributed by atoms with Crippen molar-refractivity contribution in [2.24, 2.45) is 5.92 Å². The number of carbonyl (C=O) groups excluding carboxylic acids is 3. The van der Waals surface area contributed by atoms with Gasteiger partial charge in [0.2, 0.25) is 17.7 Å². The molecule has 140 valence electrons. The number of hydrogen-bond donors (Lipinski definition) is 1. The van der Waals surface area contributed by atoms with Gasteiger partial charge in [-0.15, -0.1) is 0 Å². The Hall–Kier alpha value is -2.41. The summed E-state index contributed by atoms with van der Waals surface area (Å²) in [6.07, 6.45) is 0.247. The predicted molar refractivity (Wildman–Crippen MR) is 99.9 cm³/mol. The van der Waals surface area contributed by atoms with E-state index in [1.165, 1.54) is 6.92 Å². The molecule has 2 aliphatic heterocycles. The van der Waals surface area contributed by atoms with Gasteiger partial charge >= 0.3 is 0 Å². The van der Waals surface area contributed by atoms with Crippen LogP contribution in [0.1, 0.15) is 20.3 Å². The van der Waals surface area contributed by atoms with E-state index in [-0.39, 0.29) is 30.1 Å². The van der Waals surface area contributed by atoms with Gasteiger partial charge in [-0.25, -0.2) is 0 Å². The van der Waals surface area contributed by atoms with Gasteiger partial charge in [-0.1, -0.05) is 13.0 Å². The first-order chi connectivity index (χ1) is 12.5.